The fourth-order valence-corrected chi connectivity index (χ4v) is 3.12. The van der Waals surface area contributed by atoms with E-state index < -0.39 is 0 Å². The molecule has 0 aliphatic rings. The Labute approximate surface area is 138 Å². The summed E-state index contributed by atoms with van der Waals surface area (Å²) in [5.74, 6) is 0.759. The number of hydrogen-bond acceptors (Lipinski definition) is 2. The molecule has 0 amide bonds. The molecule has 3 rings (SSSR count). The number of rotatable bonds is 6. The van der Waals surface area contributed by atoms with Crippen LogP contribution < -0.4 is 0 Å². The number of unbranched alkanes of at least 4 members (excludes halogenated alkanes) is 3. The average molecular weight is 307 g/mol. The van der Waals surface area contributed by atoms with Crippen molar-refractivity contribution in [3.05, 3.63) is 53.1 Å². The van der Waals surface area contributed by atoms with E-state index >= 15 is 0 Å². The Hall–Kier alpha value is -2.09. The highest BCUT2D eigenvalue weighted by atomic mass is 16.3. The monoisotopic (exact) mass is 307 g/mol. The van der Waals surface area contributed by atoms with Crippen LogP contribution in [0.25, 0.3) is 22.6 Å². The first-order chi connectivity index (χ1) is 11.2. The number of oxazole rings is 1. The lowest BCUT2D eigenvalue weighted by Gasteiger charge is -2.09. The quantitative estimate of drug-likeness (QED) is 0.504. The van der Waals surface area contributed by atoms with Crippen LogP contribution in [0.2, 0.25) is 0 Å². The van der Waals surface area contributed by atoms with E-state index in [4.69, 9.17) is 9.40 Å². The van der Waals surface area contributed by atoms with Crippen molar-refractivity contribution in [1.82, 2.24) is 4.98 Å². The molecule has 0 aliphatic carbocycles. The van der Waals surface area contributed by atoms with Gasteiger partial charge < -0.3 is 4.42 Å². The van der Waals surface area contributed by atoms with Gasteiger partial charge in [-0.3, -0.25) is 0 Å². The predicted octanol–water partition coefficient (Wildman–Crippen LogP) is 6.23. The van der Waals surface area contributed by atoms with Gasteiger partial charge in [0, 0.05) is 5.56 Å². The maximum atomic E-state index is 6.07. The van der Waals surface area contributed by atoms with Crippen molar-refractivity contribution in [2.75, 3.05) is 0 Å². The van der Waals surface area contributed by atoms with Crippen molar-refractivity contribution >= 4 is 11.1 Å². The molecule has 1 aromatic heterocycles. The molecule has 2 heteroatoms. The van der Waals surface area contributed by atoms with Crippen LogP contribution in [0.15, 0.2) is 40.8 Å². The molecule has 1 heterocycles. The third kappa shape index (κ3) is 3.47. The first-order valence-electron chi connectivity index (χ1n) is 8.65. The van der Waals surface area contributed by atoms with Crippen LogP contribution in [0, 0.1) is 13.8 Å². The maximum absolute atomic E-state index is 6.07. The number of nitrogens with zero attached hydrogens (tertiary/aromatic N) is 1. The molecule has 23 heavy (non-hydrogen) atoms. The molecular weight excluding hydrogens is 282 g/mol. The van der Waals surface area contributed by atoms with Crippen LogP contribution >= 0.6 is 0 Å². The standard InChI is InChI=1S/C21H25NO/c1-4-5-6-7-10-17-11-8-9-16(3)20(17)21-22-18-13-12-15(2)14-19(18)23-21/h8-9,11-14H,4-7,10H2,1-3H3. The minimum absolute atomic E-state index is 0.759. The van der Waals surface area contributed by atoms with E-state index in [-0.39, 0.29) is 0 Å². The maximum Gasteiger partial charge on any atom is 0.227 e. The summed E-state index contributed by atoms with van der Waals surface area (Å²) < 4.78 is 6.07. The molecule has 0 spiro atoms. The van der Waals surface area contributed by atoms with Crippen LogP contribution in [-0.4, -0.2) is 4.98 Å². The zero-order chi connectivity index (χ0) is 16.2. The van der Waals surface area contributed by atoms with E-state index in [1.165, 1.54) is 47.9 Å². The van der Waals surface area contributed by atoms with Gasteiger partial charge in [0.2, 0.25) is 5.89 Å². The second-order valence-corrected chi connectivity index (χ2v) is 6.41. The molecule has 0 fully saturated rings. The summed E-state index contributed by atoms with van der Waals surface area (Å²) in [5.41, 5.74) is 6.78. The molecule has 0 N–H and O–H groups in total. The summed E-state index contributed by atoms with van der Waals surface area (Å²) in [4.78, 5) is 4.72. The van der Waals surface area contributed by atoms with Crippen molar-refractivity contribution in [2.45, 2.75) is 52.9 Å². The molecule has 2 aromatic carbocycles. The van der Waals surface area contributed by atoms with E-state index in [9.17, 15) is 0 Å². The molecular formula is C21H25NO. The van der Waals surface area contributed by atoms with Crippen LogP contribution in [0.1, 0.15) is 49.3 Å². The van der Waals surface area contributed by atoms with E-state index in [1.54, 1.807) is 0 Å². The molecule has 0 atom stereocenters. The number of benzene rings is 2. The van der Waals surface area contributed by atoms with Gasteiger partial charge in [0.15, 0.2) is 5.58 Å². The third-order valence-electron chi connectivity index (χ3n) is 4.42. The molecule has 0 saturated heterocycles. The second kappa shape index (κ2) is 6.99. The van der Waals surface area contributed by atoms with Gasteiger partial charge in [-0.15, -0.1) is 0 Å². The summed E-state index contributed by atoms with van der Waals surface area (Å²) in [6.07, 6.45) is 6.18. The first-order valence-corrected chi connectivity index (χ1v) is 8.65. The largest absolute Gasteiger partial charge is 0.436 e. The summed E-state index contributed by atoms with van der Waals surface area (Å²) in [5, 5.41) is 0. The number of hydrogen-bond donors (Lipinski definition) is 0. The first kappa shape index (κ1) is 15.8. The highest BCUT2D eigenvalue weighted by Gasteiger charge is 2.14. The molecule has 2 nitrogen and oxygen atoms in total. The second-order valence-electron chi connectivity index (χ2n) is 6.41. The number of aromatic nitrogens is 1. The van der Waals surface area contributed by atoms with Gasteiger partial charge in [0.1, 0.15) is 5.52 Å². The van der Waals surface area contributed by atoms with Crippen LogP contribution in [0.4, 0.5) is 0 Å². The van der Waals surface area contributed by atoms with Gasteiger partial charge >= 0.3 is 0 Å². The topological polar surface area (TPSA) is 26.0 Å². The smallest absolute Gasteiger partial charge is 0.227 e. The Balaban J connectivity index is 1.96. The molecule has 0 unspecified atom stereocenters. The van der Waals surface area contributed by atoms with Gasteiger partial charge in [0.05, 0.1) is 0 Å². The molecule has 0 aliphatic heterocycles. The highest BCUT2D eigenvalue weighted by molar-refractivity contribution is 5.78. The minimum Gasteiger partial charge on any atom is -0.436 e. The van der Waals surface area contributed by atoms with Crippen molar-refractivity contribution in [3.8, 4) is 11.5 Å². The van der Waals surface area contributed by atoms with Gasteiger partial charge in [0.25, 0.3) is 0 Å². The van der Waals surface area contributed by atoms with Gasteiger partial charge in [-0.05, 0) is 55.5 Å². The number of aryl methyl sites for hydroxylation is 3. The predicted molar refractivity (Wildman–Crippen MR) is 96.8 cm³/mol. The summed E-state index contributed by atoms with van der Waals surface area (Å²) in [6, 6.07) is 12.7. The zero-order valence-electron chi connectivity index (χ0n) is 14.4. The Morgan fingerprint density at radius 2 is 1.87 bits per heavy atom. The van der Waals surface area contributed by atoms with Gasteiger partial charge in [-0.2, -0.15) is 0 Å². The van der Waals surface area contributed by atoms with E-state index in [2.05, 4.69) is 51.1 Å². The normalized spacial score (nSPS) is 11.3. The Bertz CT molecular complexity index is 801. The van der Waals surface area contributed by atoms with Crippen LogP contribution in [-0.2, 0) is 6.42 Å². The van der Waals surface area contributed by atoms with Crippen molar-refractivity contribution < 1.29 is 4.42 Å². The van der Waals surface area contributed by atoms with Gasteiger partial charge in [-0.25, -0.2) is 4.98 Å². The summed E-state index contributed by atoms with van der Waals surface area (Å²) >= 11 is 0. The lowest BCUT2D eigenvalue weighted by atomic mass is 9.97. The third-order valence-corrected chi connectivity index (χ3v) is 4.42. The highest BCUT2D eigenvalue weighted by Crippen LogP contribution is 2.31. The van der Waals surface area contributed by atoms with Crippen molar-refractivity contribution in [2.24, 2.45) is 0 Å². The van der Waals surface area contributed by atoms with Crippen LogP contribution in [0.3, 0.4) is 0 Å². The fourth-order valence-electron chi connectivity index (χ4n) is 3.12. The lowest BCUT2D eigenvalue weighted by Crippen LogP contribution is -1.94. The summed E-state index contributed by atoms with van der Waals surface area (Å²) in [7, 11) is 0. The summed E-state index contributed by atoms with van der Waals surface area (Å²) in [6.45, 7) is 6.47. The van der Waals surface area contributed by atoms with E-state index in [0.29, 0.717) is 0 Å². The van der Waals surface area contributed by atoms with E-state index in [1.807, 2.05) is 6.07 Å². The average Bonchev–Trinajstić information content (AvgIpc) is 2.94. The lowest BCUT2D eigenvalue weighted by molar-refractivity contribution is 0.616. The molecule has 0 radical (unpaired) electrons. The van der Waals surface area contributed by atoms with E-state index in [0.717, 1.165) is 23.4 Å². The Morgan fingerprint density at radius 1 is 1.00 bits per heavy atom. The SMILES string of the molecule is CCCCCCc1cccc(C)c1-c1nc2ccc(C)cc2o1. The van der Waals surface area contributed by atoms with Crippen LogP contribution in [0.5, 0.6) is 0 Å². The van der Waals surface area contributed by atoms with Crippen molar-refractivity contribution in [3.63, 3.8) is 0 Å². The molecule has 3 aromatic rings. The van der Waals surface area contributed by atoms with Crippen molar-refractivity contribution in [1.29, 1.82) is 0 Å². The zero-order valence-corrected chi connectivity index (χ0v) is 14.4. The molecule has 120 valence electrons. The Kier molecular flexibility index (Phi) is 4.80. The number of fused-ring (bicyclic) bond motifs is 1. The molecule has 0 bridgehead atoms. The minimum atomic E-state index is 0.759. The molecule has 0 saturated carbocycles. The fraction of sp³-hybridized carbons (Fsp3) is 0.381. The Morgan fingerprint density at radius 3 is 2.70 bits per heavy atom. The van der Waals surface area contributed by atoms with Gasteiger partial charge in [-0.1, -0.05) is 50.5 Å².